The van der Waals surface area contributed by atoms with Gasteiger partial charge in [0.2, 0.25) is 0 Å². The topological polar surface area (TPSA) is 63.0 Å². The summed E-state index contributed by atoms with van der Waals surface area (Å²) in [5.41, 5.74) is 1.93. The van der Waals surface area contributed by atoms with Gasteiger partial charge in [0.1, 0.15) is 5.52 Å². The Morgan fingerprint density at radius 1 is 1.47 bits per heavy atom. The lowest BCUT2D eigenvalue weighted by molar-refractivity contribution is 0.292. The van der Waals surface area contributed by atoms with Crippen LogP contribution >= 0.6 is 0 Å². The SMILES string of the molecule is Cn1cnc2c(NCCCO)nccc21. The molecule has 0 radical (unpaired) electrons. The first-order chi connectivity index (χ1) is 7.33. The van der Waals surface area contributed by atoms with Gasteiger partial charge in [-0.15, -0.1) is 0 Å². The molecule has 5 nitrogen and oxygen atoms in total. The number of anilines is 1. The number of pyridine rings is 1. The molecule has 2 aromatic heterocycles. The number of nitrogens with one attached hydrogen (secondary N) is 1. The third kappa shape index (κ3) is 1.92. The zero-order valence-electron chi connectivity index (χ0n) is 8.64. The van der Waals surface area contributed by atoms with Crippen LogP contribution in [-0.4, -0.2) is 32.8 Å². The summed E-state index contributed by atoms with van der Waals surface area (Å²) < 4.78 is 1.95. The van der Waals surface area contributed by atoms with E-state index in [1.807, 2.05) is 17.7 Å². The summed E-state index contributed by atoms with van der Waals surface area (Å²) >= 11 is 0. The molecule has 0 bridgehead atoms. The summed E-state index contributed by atoms with van der Waals surface area (Å²) in [5, 5.41) is 11.8. The number of nitrogens with zero attached hydrogens (tertiary/aromatic N) is 3. The van der Waals surface area contributed by atoms with Crippen LogP contribution in [0.3, 0.4) is 0 Å². The number of aromatic nitrogens is 3. The van der Waals surface area contributed by atoms with Gasteiger partial charge in [-0.05, 0) is 12.5 Å². The maximum atomic E-state index is 8.68. The van der Waals surface area contributed by atoms with Gasteiger partial charge in [0.25, 0.3) is 0 Å². The lowest BCUT2D eigenvalue weighted by Crippen LogP contribution is -2.05. The molecule has 0 atom stereocenters. The largest absolute Gasteiger partial charge is 0.396 e. The Morgan fingerprint density at radius 2 is 2.33 bits per heavy atom. The second-order valence-corrected chi connectivity index (χ2v) is 3.39. The highest BCUT2D eigenvalue weighted by atomic mass is 16.3. The normalized spacial score (nSPS) is 10.8. The van der Waals surface area contributed by atoms with Crippen molar-refractivity contribution in [2.45, 2.75) is 6.42 Å². The van der Waals surface area contributed by atoms with Crippen molar-refractivity contribution in [3.8, 4) is 0 Å². The summed E-state index contributed by atoms with van der Waals surface area (Å²) in [6.07, 6.45) is 4.24. The summed E-state index contributed by atoms with van der Waals surface area (Å²) in [5.74, 6) is 0.779. The van der Waals surface area contributed by atoms with Crippen molar-refractivity contribution in [3.05, 3.63) is 18.6 Å². The zero-order valence-corrected chi connectivity index (χ0v) is 8.64. The lowest BCUT2D eigenvalue weighted by Gasteiger charge is -2.04. The molecule has 0 aliphatic rings. The van der Waals surface area contributed by atoms with E-state index < -0.39 is 0 Å². The van der Waals surface area contributed by atoms with Crippen molar-refractivity contribution in [3.63, 3.8) is 0 Å². The highest BCUT2D eigenvalue weighted by Crippen LogP contribution is 2.17. The molecule has 0 spiro atoms. The van der Waals surface area contributed by atoms with E-state index in [1.54, 1.807) is 12.5 Å². The van der Waals surface area contributed by atoms with Gasteiger partial charge in [-0.3, -0.25) is 0 Å². The Bertz CT molecular complexity index is 452. The van der Waals surface area contributed by atoms with Crippen molar-refractivity contribution in [2.75, 3.05) is 18.5 Å². The first kappa shape index (κ1) is 9.92. The highest BCUT2D eigenvalue weighted by Gasteiger charge is 2.05. The van der Waals surface area contributed by atoms with Crippen molar-refractivity contribution < 1.29 is 5.11 Å². The van der Waals surface area contributed by atoms with Crippen molar-refractivity contribution in [1.82, 2.24) is 14.5 Å². The van der Waals surface area contributed by atoms with Crippen molar-refractivity contribution in [1.29, 1.82) is 0 Å². The number of aryl methyl sites for hydroxylation is 1. The monoisotopic (exact) mass is 206 g/mol. The Hall–Kier alpha value is -1.62. The second-order valence-electron chi connectivity index (χ2n) is 3.39. The average Bonchev–Trinajstić information content (AvgIpc) is 2.62. The fourth-order valence-electron chi connectivity index (χ4n) is 1.48. The van der Waals surface area contributed by atoms with Gasteiger partial charge in [0.05, 0.1) is 11.8 Å². The maximum absolute atomic E-state index is 8.68. The maximum Gasteiger partial charge on any atom is 0.154 e. The van der Waals surface area contributed by atoms with E-state index in [1.165, 1.54) is 0 Å². The van der Waals surface area contributed by atoms with Crippen molar-refractivity contribution >= 4 is 16.9 Å². The molecule has 15 heavy (non-hydrogen) atoms. The van der Waals surface area contributed by atoms with E-state index >= 15 is 0 Å². The molecule has 0 saturated heterocycles. The Kier molecular flexibility index (Phi) is 2.82. The number of hydrogen-bond donors (Lipinski definition) is 2. The molecule has 2 aromatic rings. The van der Waals surface area contributed by atoms with Gasteiger partial charge in [0, 0.05) is 26.4 Å². The van der Waals surface area contributed by atoms with Crippen LogP contribution in [0.1, 0.15) is 6.42 Å². The van der Waals surface area contributed by atoms with Crippen LogP contribution in [0.25, 0.3) is 11.0 Å². The minimum absolute atomic E-state index is 0.186. The van der Waals surface area contributed by atoms with Crippen LogP contribution in [0.4, 0.5) is 5.82 Å². The molecule has 2 rings (SSSR count). The van der Waals surface area contributed by atoms with Gasteiger partial charge in [0.15, 0.2) is 5.82 Å². The number of imidazole rings is 1. The number of aliphatic hydroxyl groups is 1. The van der Waals surface area contributed by atoms with E-state index in [0.717, 1.165) is 16.9 Å². The Labute approximate surface area is 87.8 Å². The van der Waals surface area contributed by atoms with E-state index in [-0.39, 0.29) is 6.61 Å². The number of fused-ring (bicyclic) bond motifs is 1. The van der Waals surface area contributed by atoms with E-state index in [0.29, 0.717) is 13.0 Å². The van der Waals surface area contributed by atoms with Gasteiger partial charge < -0.3 is 15.0 Å². The highest BCUT2D eigenvalue weighted by molar-refractivity contribution is 5.85. The molecule has 2 heterocycles. The third-order valence-electron chi connectivity index (χ3n) is 2.27. The van der Waals surface area contributed by atoms with Gasteiger partial charge in [-0.1, -0.05) is 0 Å². The number of rotatable bonds is 4. The molecule has 0 unspecified atom stereocenters. The summed E-state index contributed by atoms with van der Waals surface area (Å²) in [6.45, 7) is 0.893. The van der Waals surface area contributed by atoms with E-state index in [9.17, 15) is 0 Å². The van der Waals surface area contributed by atoms with E-state index in [4.69, 9.17) is 5.11 Å². The molecule has 0 saturated carbocycles. The van der Waals surface area contributed by atoms with Gasteiger partial charge in [-0.25, -0.2) is 9.97 Å². The van der Waals surface area contributed by atoms with Crippen LogP contribution in [0, 0.1) is 0 Å². The smallest absolute Gasteiger partial charge is 0.154 e. The van der Waals surface area contributed by atoms with Gasteiger partial charge in [-0.2, -0.15) is 0 Å². The minimum atomic E-state index is 0.186. The van der Waals surface area contributed by atoms with Crippen LogP contribution in [0.15, 0.2) is 18.6 Å². The molecule has 0 aliphatic carbocycles. The fraction of sp³-hybridized carbons (Fsp3) is 0.400. The fourth-order valence-corrected chi connectivity index (χ4v) is 1.48. The minimum Gasteiger partial charge on any atom is -0.396 e. The Morgan fingerprint density at radius 3 is 3.13 bits per heavy atom. The van der Waals surface area contributed by atoms with Crippen LogP contribution in [-0.2, 0) is 7.05 Å². The van der Waals surface area contributed by atoms with E-state index in [2.05, 4.69) is 15.3 Å². The zero-order chi connectivity index (χ0) is 10.7. The van der Waals surface area contributed by atoms with Crippen LogP contribution in [0.2, 0.25) is 0 Å². The summed E-state index contributed by atoms with van der Waals surface area (Å²) in [4.78, 5) is 8.50. The summed E-state index contributed by atoms with van der Waals surface area (Å²) in [6, 6.07) is 1.93. The molecule has 0 aromatic carbocycles. The molecular formula is C10H14N4O. The predicted octanol–water partition coefficient (Wildman–Crippen LogP) is 0.763. The second kappa shape index (κ2) is 4.27. The Balaban J connectivity index is 2.26. The number of aliphatic hydroxyl groups excluding tert-OH is 1. The average molecular weight is 206 g/mol. The quantitative estimate of drug-likeness (QED) is 0.725. The first-order valence-electron chi connectivity index (χ1n) is 4.93. The first-order valence-corrected chi connectivity index (χ1v) is 4.93. The molecule has 0 fully saturated rings. The van der Waals surface area contributed by atoms with Crippen LogP contribution < -0.4 is 5.32 Å². The van der Waals surface area contributed by atoms with Crippen molar-refractivity contribution in [2.24, 2.45) is 7.05 Å². The number of hydrogen-bond acceptors (Lipinski definition) is 4. The molecule has 0 amide bonds. The van der Waals surface area contributed by atoms with Crippen LogP contribution in [0.5, 0.6) is 0 Å². The van der Waals surface area contributed by atoms with Gasteiger partial charge >= 0.3 is 0 Å². The molecular weight excluding hydrogens is 192 g/mol. The molecule has 0 aliphatic heterocycles. The third-order valence-corrected chi connectivity index (χ3v) is 2.27. The molecule has 2 N–H and O–H groups in total. The summed E-state index contributed by atoms with van der Waals surface area (Å²) in [7, 11) is 1.95. The standard InChI is InChI=1S/C10H14N4O/c1-14-7-13-9-8(14)3-5-12-10(9)11-4-2-6-15/h3,5,7,15H,2,4,6H2,1H3,(H,11,12). The molecule has 80 valence electrons. The molecule has 5 heteroatoms. The lowest BCUT2D eigenvalue weighted by atomic mass is 10.3. The predicted molar refractivity (Wildman–Crippen MR) is 58.7 cm³/mol.